The fourth-order valence-electron chi connectivity index (χ4n) is 5.19. The molecule has 42 heavy (non-hydrogen) atoms. The van der Waals surface area contributed by atoms with Gasteiger partial charge in [0.25, 0.3) is 0 Å². The van der Waals surface area contributed by atoms with E-state index < -0.39 is 5.60 Å². The molecule has 1 aliphatic heterocycles. The maximum atomic E-state index is 12.9. The predicted octanol–water partition coefficient (Wildman–Crippen LogP) is 6.10. The third-order valence-corrected chi connectivity index (χ3v) is 7.57. The molecule has 0 spiro atoms. The van der Waals surface area contributed by atoms with Crippen molar-refractivity contribution >= 4 is 23.7 Å². The number of amides is 3. The number of carbonyl (C=O) groups excluding carboxylic acids is 3. The smallest absolute Gasteiger partial charge is 0.410 e. The van der Waals surface area contributed by atoms with Crippen molar-refractivity contribution < 1.29 is 28.4 Å². The number of aromatic nitrogens is 2. The van der Waals surface area contributed by atoms with E-state index in [1.54, 1.807) is 29.3 Å². The van der Waals surface area contributed by atoms with E-state index in [1.165, 1.54) is 0 Å². The second kappa shape index (κ2) is 13.1. The van der Waals surface area contributed by atoms with Gasteiger partial charge in [-0.2, -0.15) is 0 Å². The van der Waals surface area contributed by atoms with Crippen LogP contribution in [-0.4, -0.2) is 63.8 Å². The number of ketones is 1. The molecule has 1 saturated heterocycles. The van der Waals surface area contributed by atoms with Crippen LogP contribution in [0.4, 0.5) is 15.4 Å². The first-order valence-electron chi connectivity index (χ1n) is 14.9. The number of likely N-dealkylation sites (tertiary alicyclic amines) is 1. The molecular formula is C31H45N5O6. The summed E-state index contributed by atoms with van der Waals surface area (Å²) in [5.74, 6) is 1.99. The number of urea groups is 1. The minimum absolute atomic E-state index is 0.0158. The number of pyridine rings is 1. The molecule has 2 fully saturated rings. The quantitative estimate of drug-likeness (QED) is 0.373. The van der Waals surface area contributed by atoms with Gasteiger partial charge in [0, 0.05) is 49.9 Å². The van der Waals surface area contributed by atoms with Crippen LogP contribution in [0.1, 0.15) is 103 Å². The van der Waals surface area contributed by atoms with Crippen molar-refractivity contribution in [2.24, 2.45) is 5.92 Å². The minimum atomic E-state index is -0.513. The summed E-state index contributed by atoms with van der Waals surface area (Å²) < 4.78 is 16.8. The zero-order valence-corrected chi connectivity index (χ0v) is 25.7. The van der Waals surface area contributed by atoms with Crippen molar-refractivity contribution in [2.75, 3.05) is 18.4 Å². The molecule has 2 aromatic heterocycles. The summed E-state index contributed by atoms with van der Waals surface area (Å²) in [6, 6.07) is 5.00. The fraction of sp³-hybridized carbons (Fsp3) is 0.645. The Hall–Kier alpha value is -3.63. The van der Waals surface area contributed by atoms with Crippen LogP contribution >= 0.6 is 0 Å². The van der Waals surface area contributed by atoms with Crippen molar-refractivity contribution in [1.29, 1.82) is 0 Å². The second-order valence-corrected chi connectivity index (χ2v) is 13.4. The van der Waals surface area contributed by atoms with Crippen molar-refractivity contribution in [3.63, 3.8) is 0 Å². The Kier molecular flexibility index (Phi) is 9.78. The monoisotopic (exact) mass is 583 g/mol. The van der Waals surface area contributed by atoms with Crippen LogP contribution < -0.4 is 15.4 Å². The number of nitrogens with zero attached hydrogens (tertiary/aromatic N) is 3. The van der Waals surface area contributed by atoms with Gasteiger partial charge in [0.05, 0.1) is 6.20 Å². The van der Waals surface area contributed by atoms with Gasteiger partial charge >= 0.3 is 12.1 Å². The third kappa shape index (κ3) is 9.19. The molecule has 11 nitrogen and oxygen atoms in total. The predicted molar refractivity (Wildman–Crippen MR) is 158 cm³/mol. The number of rotatable bonds is 7. The summed E-state index contributed by atoms with van der Waals surface area (Å²) >= 11 is 0. The van der Waals surface area contributed by atoms with Gasteiger partial charge in [0.1, 0.15) is 28.9 Å². The Morgan fingerprint density at radius 3 is 2.26 bits per heavy atom. The van der Waals surface area contributed by atoms with E-state index in [0.29, 0.717) is 55.4 Å². The molecule has 2 aromatic rings. The second-order valence-electron chi connectivity index (χ2n) is 13.4. The van der Waals surface area contributed by atoms with Gasteiger partial charge < -0.3 is 24.2 Å². The first-order valence-corrected chi connectivity index (χ1v) is 14.9. The van der Waals surface area contributed by atoms with Crippen molar-refractivity contribution in [1.82, 2.24) is 20.4 Å². The Morgan fingerprint density at radius 2 is 1.69 bits per heavy atom. The van der Waals surface area contributed by atoms with Crippen LogP contribution in [0.15, 0.2) is 28.9 Å². The number of anilines is 1. The summed E-state index contributed by atoms with van der Waals surface area (Å²) in [6.45, 7) is 12.8. The lowest BCUT2D eigenvalue weighted by molar-refractivity contribution is 0.0126. The SMILES string of the molecule is CC(C)(C)OC(=O)N1CCC(Oc2ccc(C(=O)CC3CCC(NC(=O)Nc4cc(C(C)(C)C)on4)CC3)nc2)CC1. The number of piperidine rings is 1. The Bertz CT molecular complexity index is 1210. The van der Waals surface area contributed by atoms with E-state index in [2.05, 4.69) is 20.8 Å². The number of nitrogens with one attached hydrogen (secondary N) is 2. The molecule has 3 heterocycles. The molecule has 0 unspecified atom stereocenters. The van der Waals surface area contributed by atoms with E-state index in [-0.39, 0.29) is 41.4 Å². The van der Waals surface area contributed by atoms with Crippen LogP contribution in [0, 0.1) is 5.92 Å². The fourth-order valence-corrected chi connectivity index (χ4v) is 5.19. The highest BCUT2D eigenvalue weighted by atomic mass is 16.6. The van der Waals surface area contributed by atoms with E-state index in [4.69, 9.17) is 14.0 Å². The largest absolute Gasteiger partial charge is 0.489 e. The molecule has 0 atom stereocenters. The molecule has 2 aliphatic rings. The van der Waals surface area contributed by atoms with Crippen LogP contribution in [-0.2, 0) is 10.2 Å². The number of hydrogen-bond donors (Lipinski definition) is 2. The summed E-state index contributed by atoms with van der Waals surface area (Å²) in [4.78, 5) is 43.7. The zero-order chi connectivity index (χ0) is 30.5. The Balaban J connectivity index is 1.15. The molecule has 0 aromatic carbocycles. The number of hydrogen-bond acceptors (Lipinski definition) is 8. The molecule has 3 amide bonds. The first kappa shape index (κ1) is 31.3. The normalized spacial score (nSPS) is 20.1. The van der Waals surface area contributed by atoms with Gasteiger partial charge in [-0.15, -0.1) is 0 Å². The summed E-state index contributed by atoms with van der Waals surface area (Å²) in [7, 11) is 0. The van der Waals surface area contributed by atoms with E-state index in [1.807, 2.05) is 41.5 Å². The lowest BCUT2D eigenvalue weighted by Crippen LogP contribution is -2.44. The van der Waals surface area contributed by atoms with Crippen molar-refractivity contribution in [3.8, 4) is 5.75 Å². The molecule has 1 aliphatic carbocycles. The highest BCUT2D eigenvalue weighted by molar-refractivity contribution is 5.94. The maximum absolute atomic E-state index is 12.9. The Morgan fingerprint density at radius 1 is 1.00 bits per heavy atom. The molecule has 4 rings (SSSR count). The van der Waals surface area contributed by atoms with Crippen LogP contribution in [0.2, 0.25) is 0 Å². The molecular weight excluding hydrogens is 538 g/mol. The van der Waals surface area contributed by atoms with Gasteiger partial charge in [0.15, 0.2) is 11.6 Å². The van der Waals surface area contributed by atoms with E-state index in [0.717, 1.165) is 25.7 Å². The maximum Gasteiger partial charge on any atom is 0.410 e. The lowest BCUT2D eigenvalue weighted by atomic mass is 9.83. The minimum Gasteiger partial charge on any atom is -0.489 e. The van der Waals surface area contributed by atoms with Crippen LogP contribution in [0.5, 0.6) is 5.75 Å². The summed E-state index contributed by atoms with van der Waals surface area (Å²) in [6.07, 6.45) is 6.48. The molecule has 0 radical (unpaired) electrons. The average molecular weight is 584 g/mol. The molecule has 1 saturated carbocycles. The van der Waals surface area contributed by atoms with Crippen molar-refractivity contribution in [2.45, 2.75) is 110 Å². The summed E-state index contributed by atoms with van der Waals surface area (Å²) in [5, 5.41) is 9.68. The first-order chi connectivity index (χ1) is 19.7. The van der Waals surface area contributed by atoms with Gasteiger partial charge in [0.2, 0.25) is 0 Å². The van der Waals surface area contributed by atoms with Gasteiger partial charge in [-0.05, 0) is 64.5 Å². The average Bonchev–Trinajstić information content (AvgIpc) is 3.39. The standard InChI is InChI=1S/C31H45N5O6/c1-30(2,3)26-18-27(35-42-26)34-28(38)33-21-9-7-20(8-10-21)17-25(37)24-12-11-23(19-32-24)40-22-13-15-36(16-14-22)29(39)41-31(4,5)6/h11-12,18-22H,7-10,13-17H2,1-6H3,(H2,33,34,35,38). The van der Waals surface area contributed by atoms with E-state index >= 15 is 0 Å². The molecule has 230 valence electrons. The zero-order valence-electron chi connectivity index (χ0n) is 25.7. The third-order valence-electron chi connectivity index (χ3n) is 7.57. The highest BCUT2D eigenvalue weighted by Gasteiger charge is 2.29. The molecule has 11 heteroatoms. The number of carbonyl (C=O) groups is 3. The van der Waals surface area contributed by atoms with Gasteiger partial charge in [-0.1, -0.05) is 25.9 Å². The van der Waals surface area contributed by atoms with Gasteiger partial charge in [-0.25, -0.2) is 14.6 Å². The molecule has 2 N–H and O–H groups in total. The topological polar surface area (TPSA) is 136 Å². The number of ether oxygens (including phenoxy) is 2. The lowest BCUT2D eigenvalue weighted by Gasteiger charge is -2.33. The molecule has 0 bridgehead atoms. The van der Waals surface area contributed by atoms with Gasteiger partial charge in [-0.3, -0.25) is 10.1 Å². The van der Waals surface area contributed by atoms with Crippen LogP contribution in [0.3, 0.4) is 0 Å². The van der Waals surface area contributed by atoms with E-state index in [9.17, 15) is 14.4 Å². The summed E-state index contributed by atoms with van der Waals surface area (Å²) in [5.41, 5.74) is -0.265. The van der Waals surface area contributed by atoms with Crippen molar-refractivity contribution in [3.05, 3.63) is 35.9 Å². The van der Waals surface area contributed by atoms with Crippen LogP contribution in [0.25, 0.3) is 0 Å². The number of Topliss-reactive ketones (excluding diaryl/α,β-unsaturated/α-hetero) is 1. The highest BCUT2D eigenvalue weighted by Crippen LogP contribution is 2.29. The Labute approximate surface area is 248 Å².